The van der Waals surface area contributed by atoms with Gasteiger partial charge in [-0.3, -0.25) is 4.79 Å². The summed E-state index contributed by atoms with van der Waals surface area (Å²) in [5.74, 6) is 0.951. The normalized spacial score (nSPS) is 50.1. The van der Waals surface area contributed by atoms with Crippen molar-refractivity contribution in [3.63, 3.8) is 0 Å². The van der Waals surface area contributed by atoms with Gasteiger partial charge in [0.05, 0.1) is 17.2 Å². The Hall–Kier alpha value is -0.880. The van der Waals surface area contributed by atoms with Gasteiger partial charge in [-0.15, -0.1) is 11.3 Å². The molecule has 1 amide bonds. The maximum atomic E-state index is 14.5. The molecule has 5 saturated carbocycles. The molecule has 6 aliphatic rings. The molecule has 0 N–H and O–H groups in total. The van der Waals surface area contributed by atoms with Gasteiger partial charge in [-0.05, 0) is 86.2 Å². The van der Waals surface area contributed by atoms with Crippen molar-refractivity contribution in [1.29, 1.82) is 0 Å². The monoisotopic (exact) mass is 459 g/mol. The summed E-state index contributed by atoms with van der Waals surface area (Å²) in [5.41, 5.74) is -0.260. The van der Waals surface area contributed by atoms with Gasteiger partial charge in [0.1, 0.15) is 0 Å². The minimum absolute atomic E-state index is 0.105. The zero-order chi connectivity index (χ0) is 21.8. The fourth-order valence-corrected chi connectivity index (χ4v) is 14.8. The van der Waals surface area contributed by atoms with Crippen LogP contribution in [0.15, 0.2) is 12.1 Å². The third kappa shape index (κ3) is 1.64. The van der Waals surface area contributed by atoms with Crippen LogP contribution in [0.3, 0.4) is 0 Å². The average Bonchev–Trinajstić information content (AvgIpc) is 3.29. The van der Waals surface area contributed by atoms with E-state index in [9.17, 15) is 13.2 Å². The van der Waals surface area contributed by atoms with E-state index in [0.29, 0.717) is 11.3 Å². The second kappa shape index (κ2) is 5.11. The number of hydrogen-bond acceptors (Lipinski definition) is 4. The standard InChI is InChI=1S/C25H33NO3S2/c1-15-9-10-19(30-15)23(4,16-7-5-6-8-16)20(27)26-18-11-17-12-21(2)13-22(3)24(18,25(17,21)22)14-31(26,28)29/h9-10,16-18H,5-8,11-14H2,1-4H3/t17-,18?,21?,22?,23?,24+,25?/m0/s1. The fraction of sp³-hybridized carbons (Fsp3) is 0.800. The van der Waals surface area contributed by atoms with Crippen molar-refractivity contribution in [3.05, 3.63) is 21.9 Å². The summed E-state index contributed by atoms with van der Waals surface area (Å²) in [7, 11) is -3.59. The molecular formula is C25H33NO3S2. The molecule has 7 atom stereocenters. The van der Waals surface area contributed by atoms with Gasteiger partial charge in [0.15, 0.2) is 0 Å². The van der Waals surface area contributed by atoms with Crippen LogP contribution in [0.1, 0.15) is 75.5 Å². The van der Waals surface area contributed by atoms with Gasteiger partial charge >= 0.3 is 0 Å². The Bertz CT molecular complexity index is 1150. The lowest BCUT2D eigenvalue weighted by molar-refractivity contribution is -0.171. The molecule has 4 nitrogen and oxygen atoms in total. The van der Waals surface area contributed by atoms with Gasteiger partial charge in [0.25, 0.3) is 0 Å². The summed E-state index contributed by atoms with van der Waals surface area (Å²) in [4.78, 5) is 16.7. The van der Waals surface area contributed by atoms with Crippen LogP contribution < -0.4 is 0 Å². The molecule has 1 saturated heterocycles. The molecule has 31 heavy (non-hydrogen) atoms. The van der Waals surface area contributed by atoms with E-state index in [0.717, 1.165) is 43.4 Å². The minimum Gasteiger partial charge on any atom is -0.273 e. The highest BCUT2D eigenvalue weighted by atomic mass is 32.2. The highest BCUT2D eigenvalue weighted by Crippen LogP contribution is 3.08. The number of hydrogen-bond donors (Lipinski definition) is 0. The summed E-state index contributed by atoms with van der Waals surface area (Å²) in [6, 6.07) is 4.07. The van der Waals surface area contributed by atoms with Crippen LogP contribution in [0.25, 0.3) is 0 Å². The van der Waals surface area contributed by atoms with Gasteiger partial charge in [0.2, 0.25) is 15.9 Å². The number of nitrogens with zero attached hydrogens (tertiary/aromatic N) is 1. The maximum absolute atomic E-state index is 14.5. The van der Waals surface area contributed by atoms with Gasteiger partial charge < -0.3 is 0 Å². The lowest BCUT2D eigenvalue weighted by Gasteiger charge is -2.65. The molecular weight excluding hydrogens is 426 g/mol. The number of amides is 1. The smallest absolute Gasteiger partial charge is 0.247 e. The first-order chi connectivity index (χ1) is 14.5. The first kappa shape index (κ1) is 19.6. The number of carbonyl (C=O) groups excluding carboxylic acids is 1. The van der Waals surface area contributed by atoms with Crippen LogP contribution in [-0.4, -0.2) is 30.4 Å². The van der Waals surface area contributed by atoms with Crippen molar-refractivity contribution in [2.24, 2.45) is 33.5 Å². The molecule has 6 fully saturated rings. The van der Waals surface area contributed by atoms with Crippen molar-refractivity contribution in [2.45, 2.75) is 84.1 Å². The number of aryl methyl sites for hydroxylation is 1. The Morgan fingerprint density at radius 3 is 2.52 bits per heavy atom. The van der Waals surface area contributed by atoms with Crippen molar-refractivity contribution in [3.8, 4) is 0 Å². The SMILES string of the molecule is Cc1ccc(C(C)(C(=O)N2C3C[C@H]4CC5(C)CC6(C)C45[C@]36CS2(=O)=O)C2CCCC2)s1. The lowest BCUT2D eigenvalue weighted by Crippen LogP contribution is -2.59. The largest absolute Gasteiger partial charge is 0.273 e. The van der Waals surface area contributed by atoms with E-state index >= 15 is 0 Å². The van der Waals surface area contributed by atoms with Gasteiger partial charge in [-0.1, -0.05) is 26.7 Å². The molecule has 5 unspecified atom stereocenters. The molecule has 1 aromatic rings. The number of sulfonamides is 1. The summed E-state index contributed by atoms with van der Waals surface area (Å²) < 4.78 is 29.0. The average molecular weight is 460 g/mol. The highest BCUT2D eigenvalue weighted by molar-refractivity contribution is 7.90. The first-order valence-corrected chi connectivity index (χ1v) is 14.6. The van der Waals surface area contributed by atoms with Crippen LogP contribution in [0.5, 0.6) is 0 Å². The fourth-order valence-electron chi connectivity index (χ4n) is 11.1. The van der Waals surface area contributed by atoms with Crippen LogP contribution in [0.4, 0.5) is 0 Å². The third-order valence-corrected chi connectivity index (χ3v) is 14.7. The predicted molar refractivity (Wildman–Crippen MR) is 121 cm³/mol. The Morgan fingerprint density at radius 2 is 1.94 bits per heavy atom. The molecule has 2 spiro atoms. The summed E-state index contributed by atoms with van der Waals surface area (Å²) in [5, 5.41) is 0. The van der Waals surface area contributed by atoms with Crippen molar-refractivity contribution in [2.75, 3.05) is 5.75 Å². The number of carbonyl (C=O) groups is 1. The Labute approximate surface area is 189 Å². The van der Waals surface area contributed by atoms with Gasteiger partial charge in [-0.25, -0.2) is 12.7 Å². The molecule has 5 aliphatic carbocycles. The Morgan fingerprint density at radius 1 is 1.23 bits per heavy atom. The Balaban J connectivity index is 1.35. The van der Waals surface area contributed by atoms with Gasteiger partial charge in [0, 0.05) is 15.2 Å². The molecule has 2 heterocycles. The summed E-state index contributed by atoms with van der Waals surface area (Å²) in [6.45, 7) is 8.87. The summed E-state index contributed by atoms with van der Waals surface area (Å²) in [6.07, 6.45) is 7.59. The van der Waals surface area contributed by atoms with Crippen LogP contribution in [0.2, 0.25) is 0 Å². The van der Waals surface area contributed by atoms with E-state index in [2.05, 4.69) is 39.8 Å². The highest BCUT2D eigenvalue weighted by Gasteiger charge is 3.07. The van der Waals surface area contributed by atoms with Crippen LogP contribution in [0, 0.1) is 40.4 Å². The van der Waals surface area contributed by atoms with E-state index in [-0.39, 0.29) is 39.9 Å². The third-order valence-electron chi connectivity index (χ3n) is 11.6. The van der Waals surface area contributed by atoms with Crippen molar-refractivity contribution >= 4 is 27.3 Å². The maximum Gasteiger partial charge on any atom is 0.247 e. The second-order valence-corrected chi connectivity index (χ2v) is 15.6. The molecule has 1 aromatic heterocycles. The molecule has 0 bridgehead atoms. The summed E-state index contributed by atoms with van der Waals surface area (Å²) >= 11 is 1.68. The molecule has 0 radical (unpaired) electrons. The number of rotatable bonds is 3. The zero-order valence-corrected chi connectivity index (χ0v) is 20.7. The zero-order valence-electron chi connectivity index (χ0n) is 19.0. The Kier molecular flexibility index (Phi) is 3.23. The lowest BCUT2D eigenvalue weighted by atomic mass is 9.39. The minimum atomic E-state index is -3.59. The van der Waals surface area contributed by atoms with E-state index in [1.807, 2.05) is 0 Å². The van der Waals surface area contributed by atoms with Crippen molar-refractivity contribution < 1.29 is 13.2 Å². The van der Waals surface area contributed by atoms with E-state index in [4.69, 9.17) is 0 Å². The molecule has 0 aromatic carbocycles. The van der Waals surface area contributed by atoms with Crippen molar-refractivity contribution in [1.82, 2.24) is 4.31 Å². The topological polar surface area (TPSA) is 54.5 Å². The second-order valence-electron chi connectivity index (χ2n) is 12.5. The van der Waals surface area contributed by atoms with E-state index < -0.39 is 15.4 Å². The predicted octanol–water partition coefficient (Wildman–Crippen LogP) is 4.87. The van der Waals surface area contributed by atoms with Crippen LogP contribution >= 0.6 is 11.3 Å². The quantitative estimate of drug-likeness (QED) is 0.648. The molecule has 168 valence electrons. The first-order valence-electron chi connectivity index (χ1n) is 12.1. The van der Waals surface area contributed by atoms with Gasteiger partial charge in [-0.2, -0.15) is 0 Å². The molecule has 7 rings (SSSR count). The number of thiophene rings is 1. The molecule has 1 aliphatic heterocycles. The van der Waals surface area contributed by atoms with Crippen LogP contribution in [-0.2, 0) is 20.2 Å². The van der Waals surface area contributed by atoms with E-state index in [1.165, 1.54) is 15.6 Å². The molecule has 6 heteroatoms. The van der Waals surface area contributed by atoms with E-state index in [1.54, 1.807) is 11.3 Å².